The Bertz CT molecular complexity index is 1170. The van der Waals surface area contributed by atoms with Crippen molar-refractivity contribution in [1.29, 1.82) is 5.26 Å². The molecule has 0 aromatic heterocycles. The highest BCUT2D eigenvalue weighted by Crippen LogP contribution is 2.41. The van der Waals surface area contributed by atoms with Crippen LogP contribution in [0.3, 0.4) is 0 Å². The number of thioether (sulfide) groups is 1. The topological polar surface area (TPSA) is 100 Å². The summed E-state index contributed by atoms with van der Waals surface area (Å²) < 4.78 is 24.7. The molecule has 2 N–H and O–H groups in total. The van der Waals surface area contributed by atoms with Gasteiger partial charge in [0, 0.05) is 16.9 Å². The average molecular weight is 468 g/mol. The number of anilines is 1. The minimum atomic E-state index is -0.961. The molecule has 7 nitrogen and oxygen atoms in total. The predicted molar refractivity (Wildman–Crippen MR) is 124 cm³/mol. The number of rotatable bonds is 7. The van der Waals surface area contributed by atoms with Crippen molar-refractivity contribution in [3.8, 4) is 11.8 Å². The number of methoxy groups -OCH3 is 2. The number of nitrogens with one attached hydrogen (secondary N) is 2. The highest BCUT2D eigenvalue weighted by atomic mass is 32.2. The maximum atomic E-state index is 14.7. The zero-order valence-electron chi connectivity index (χ0n) is 18.3. The third-order valence-electron chi connectivity index (χ3n) is 4.99. The Morgan fingerprint density at radius 2 is 1.88 bits per heavy atom. The first-order valence-electron chi connectivity index (χ1n) is 9.91. The molecule has 0 aliphatic carbocycles. The molecule has 170 valence electrons. The van der Waals surface area contributed by atoms with Crippen molar-refractivity contribution in [2.45, 2.75) is 12.8 Å². The number of halogens is 1. The van der Waals surface area contributed by atoms with Crippen molar-refractivity contribution in [3.63, 3.8) is 0 Å². The van der Waals surface area contributed by atoms with E-state index in [9.17, 15) is 19.2 Å². The highest BCUT2D eigenvalue weighted by molar-refractivity contribution is 8.03. The molecule has 1 amide bonds. The van der Waals surface area contributed by atoms with E-state index in [0.29, 0.717) is 22.2 Å². The van der Waals surface area contributed by atoms with Gasteiger partial charge in [-0.05, 0) is 37.3 Å². The van der Waals surface area contributed by atoms with Crippen LogP contribution in [0, 0.1) is 17.1 Å². The van der Waals surface area contributed by atoms with Crippen LogP contribution in [0.2, 0.25) is 0 Å². The lowest BCUT2D eigenvalue weighted by molar-refractivity contribution is -0.136. The lowest BCUT2D eigenvalue weighted by Crippen LogP contribution is -2.29. The van der Waals surface area contributed by atoms with Crippen molar-refractivity contribution in [2.75, 3.05) is 25.3 Å². The summed E-state index contributed by atoms with van der Waals surface area (Å²) >= 11 is 1.09. The smallest absolute Gasteiger partial charge is 0.336 e. The van der Waals surface area contributed by atoms with Gasteiger partial charge in [-0.2, -0.15) is 5.26 Å². The zero-order chi connectivity index (χ0) is 24.0. The van der Waals surface area contributed by atoms with Crippen LogP contribution < -0.4 is 15.4 Å². The quantitative estimate of drug-likeness (QED) is 0.592. The number of carbonyl (C=O) groups is 2. The van der Waals surface area contributed by atoms with Gasteiger partial charge < -0.3 is 20.1 Å². The lowest BCUT2D eigenvalue weighted by atomic mass is 9.82. The number of hydrogen-bond acceptors (Lipinski definition) is 7. The molecule has 1 atom stereocenters. The lowest BCUT2D eigenvalue weighted by Gasteiger charge is -2.29. The van der Waals surface area contributed by atoms with Crippen LogP contribution >= 0.6 is 11.8 Å². The van der Waals surface area contributed by atoms with Crippen molar-refractivity contribution < 1.29 is 23.5 Å². The zero-order valence-corrected chi connectivity index (χ0v) is 19.1. The summed E-state index contributed by atoms with van der Waals surface area (Å²) in [6, 6.07) is 14.9. The van der Waals surface area contributed by atoms with Gasteiger partial charge in [0.05, 0.1) is 48.1 Å². The number of ether oxygens (including phenoxy) is 2. The molecule has 2 aromatic carbocycles. The first kappa shape index (κ1) is 23.9. The van der Waals surface area contributed by atoms with Crippen LogP contribution in [-0.2, 0) is 14.3 Å². The van der Waals surface area contributed by atoms with Gasteiger partial charge in [-0.3, -0.25) is 4.79 Å². The van der Waals surface area contributed by atoms with E-state index in [4.69, 9.17) is 9.47 Å². The molecule has 0 spiro atoms. The van der Waals surface area contributed by atoms with Crippen molar-refractivity contribution in [2.24, 2.45) is 0 Å². The summed E-state index contributed by atoms with van der Waals surface area (Å²) in [5.41, 5.74) is 1.48. The Morgan fingerprint density at radius 3 is 2.48 bits per heavy atom. The Kier molecular flexibility index (Phi) is 7.74. The van der Waals surface area contributed by atoms with E-state index < -0.39 is 17.7 Å². The van der Waals surface area contributed by atoms with E-state index in [0.717, 1.165) is 11.8 Å². The number of esters is 1. The number of nitriles is 1. The molecule has 0 fully saturated rings. The molecule has 0 unspecified atom stereocenters. The molecule has 2 aromatic rings. The fourth-order valence-electron chi connectivity index (χ4n) is 3.44. The molecule has 1 heterocycles. The number of nitrogens with zero attached hydrogens (tertiary/aromatic N) is 1. The summed E-state index contributed by atoms with van der Waals surface area (Å²) in [4.78, 5) is 25.0. The number of hydrogen-bond donors (Lipinski definition) is 2. The molecule has 1 aliphatic heterocycles. The maximum absolute atomic E-state index is 14.7. The monoisotopic (exact) mass is 467 g/mol. The first-order chi connectivity index (χ1) is 15.9. The number of carbonyl (C=O) groups excluding carboxylic acids is 2. The van der Waals surface area contributed by atoms with Gasteiger partial charge in [0.25, 0.3) is 0 Å². The number of allylic oxidation sites excluding steroid dienone is 2. The number of dihydropyridines is 1. The molecule has 0 bridgehead atoms. The van der Waals surface area contributed by atoms with Crippen molar-refractivity contribution in [3.05, 3.63) is 81.8 Å². The molecular formula is C24H22FN3O4S. The Morgan fingerprint density at radius 1 is 1.18 bits per heavy atom. The van der Waals surface area contributed by atoms with E-state index in [2.05, 4.69) is 16.7 Å². The van der Waals surface area contributed by atoms with Crippen LogP contribution in [0.1, 0.15) is 18.4 Å². The maximum Gasteiger partial charge on any atom is 0.336 e. The van der Waals surface area contributed by atoms with Crippen molar-refractivity contribution in [1.82, 2.24) is 5.32 Å². The second-order valence-electron chi connectivity index (χ2n) is 7.03. The molecular weight excluding hydrogens is 445 g/mol. The third-order valence-corrected chi connectivity index (χ3v) is 6.01. The molecule has 0 saturated carbocycles. The third kappa shape index (κ3) is 5.35. The number of amides is 1. The van der Waals surface area contributed by atoms with Gasteiger partial charge in [0.2, 0.25) is 5.91 Å². The van der Waals surface area contributed by atoms with E-state index in [1.54, 1.807) is 44.4 Å². The predicted octanol–water partition coefficient (Wildman–Crippen LogP) is 4.08. The van der Waals surface area contributed by atoms with E-state index in [-0.39, 0.29) is 28.4 Å². The average Bonchev–Trinajstić information content (AvgIpc) is 2.82. The summed E-state index contributed by atoms with van der Waals surface area (Å²) in [5.74, 6) is -1.81. The van der Waals surface area contributed by atoms with Gasteiger partial charge in [-0.25, -0.2) is 9.18 Å². The van der Waals surface area contributed by atoms with Crippen molar-refractivity contribution >= 4 is 29.3 Å². The second kappa shape index (κ2) is 10.7. The standard InChI is InChI=1S/C24H22FN3O4S/c1-14-21(24(30)32-3)22(17-6-4-5-7-19(17)25)18(12-26)23(27-14)33-13-20(29)28-15-8-10-16(31-2)11-9-15/h4-11,22,27H,13H2,1-3H3,(H,28,29)/t22-/m0/s1. The van der Waals surface area contributed by atoms with Crippen LogP contribution in [0.4, 0.5) is 10.1 Å². The molecule has 0 saturated heterocycles. The molecule has 1 aliphatic rings. The van der Waals surface area contributed by atoms with E-state index in [1.807, 2.05) is 0 Å². The largest absolute Gasteiger partial charge is 0.497 e. The number of benzene rings is 2. The fraction of sp³-hybridized carbons (Fsp3) is 0.208. The molecule has 0 radical (unpaired) electrons. The van der Waals surface area contributed by atoms with Crippen LogP contribution in [0.5, 0.6) is 5.75 Å². The minimum absolute atomic E-state index is 0.00955. The first-order valence-corrected chi connectivity index (χ1v) is 10.9. The van der Waals surface area contributed by atoms with Gasteiger partial charge in [0.1, 0.15) is 11.6 Å². The minimum Gasteiger partial charge on any atom is -0.497 e. The summed E-state index contributed by atoms with van der Waals surface area (Å²) in [6.07, 6.45) is 0. The van der Waals surface area contributed by atoms with E-state index in [1.165, 1.54) is 25.3 Å². The SMILES string of the molecule is COC(=O)C1=C(C)NC(SCC(=O)Nc2ccc(OC)cc2)=C(C#N)[C@@H]1c1ccccc1F. The highest BCUT2D eigenvalue weighted by Gasteiger charge is 2.36. The molecule has 3 rings (SSSR count). The summed E-state index contributed by atoms with van der Waals surface area (Å²) in [6.45, 7) is 1.65. The van der Waals surface area contributed by atoms with Gasteiger partial charge in [-0.1, -0.05) is 30.0 Å². The van der Waals surface area contributed by atoms with Crippen LogP contribution in [-0.4, -0.2) is 31.8 Å². The Labute approximate surface area is 195 Å². The Balaban J connectivity index is 1.87. The second-order valence-corrected chi connectivity index (χ2v) is 8.02. The van der Waals surface area contributed by atoms with Crippen LogP contribution in [0.15, 0.2) is 70.4 Å². The molecule has 33 heavy (non-hydrogen) atoms. The van der Waals surface area contributed by atoms with Gasteiger partial charge in [0.15, 0.2) is 0 Å². The normalized spacial score (nSPS) is 15.4. The van der Waals surface area contributed by atoms with Crippen LogP contribution in [0.25, 0.3) is 0 Å². The Hall–Kier alpha value is -3.77. The van der Waals surface area contributed by atoms with Gasteiger partial charge >= 0.3 is 5.97 Å². The van der Waals surface area contributed by atoms with Gasteiger partial charge in [-0.15, -0.1) is 0 Å². The summed E-state index contributed by atoms with van der Waals surface area (Å²) in [5, 5.41) is 16.1. The fourth-order valence-corrected chi connectivity index (χ4v) is 4.33. The molecule has 9 heteroatoms. The van der Waals surface area contributed by atoms with E-state index >= 15 is 0 Å². The summed E-state index contributed by atoms with van der Waals surface area (Å²) in [7, 11) is 2.78.